The summed E-state index contributed by atoms with van der Waals surface area (Å²) in [5.41, 5.74) is 1.25. The van der Waals surface area contributed by atoms with Crippen LogP contribution in [0.2, 0.25) is 0 Å². The fraction of sp³-hybridized carbons (Fsp3) is 0.688. The first-order valence-electron chi connectivity index (χ1n) is 7.56. The number of nitrogens with one attached hydrogen (secondary N) is 1. The Hall–Kier alpha value is -1.09. The van der Waals surface area contributed by atoms with Crippen molar-refractivity contribution in [3.63, 3.8) is 0 Å². The summed E-state index contributed by atoms with van der Waals surface area (Å²) in [5.74, 6) is 1.47. The number of ether oxygens (including phenoxy) is 1. The van der Waals surface area contributed by atoms with Gasteiger partial charge in [-0.2, -0.15) is 0 Å². The Labute approximate surface area is 116 Å². The van der Waals surface area contributed by atoms with Gasteiger partial charge in [-0.3, -0.25) is 0 Å². The van der Waals surface area contributed by atoms with E-state index >= 15 is 0 Å². The van der Waals surface area contributed by atoms with Gasteiger partial charge in [0, 0.05) is 18.8 Å². The van der Waals surface area contributed by atoms with E-state index in [0.29, 0.717) is 12.0 Å². The van der Waals surface area contributed by atoms with Gasteiger partial charge in [-0.05, 0) is 49.8 Å². The van der Waals surface area contributed by atoms with Crippen molar-refractivity contribution in [3.8, 4) is 5.88 Å². The molecule has 0 radical (unpaired) electrons. The van der Waals surface area contributed by atoms with Gasteiger partial charge < -0.3 is 10.1 Å². The summed E-state index contributed by atoms with van der Waals surface area (Å²) in [6.07, 6.45) is 8.52. The van der Waals surface area contributed by atoms with Crippen LogP contribution >= 0.6 is 0 Å². The van der Waals surface area contributed by atoms with Crippen molar-refractivity contribution in [2.24, 2.45) is 5.92 Å². The molecule has 2 rings (SSSR count). The van der Waals surface area contributed by atoms with Crippen molar-refractivity contribution in [2.45, 2.75) is 58.6 Å². The van der Waals surface area contributed by atoms with Crippen molar-refractivity contribution >= 4 is 0 Å². The van der Waals surface area contributed by atoms with Crippen LogP contribution in [0.3, 0.4) is 0 Å². The first-order valence-corrected chi connectivity index (χ1v) is 7.56. The van der Waals surface area contributed by atoms with Crippen molar-refractivity contribution in [1.29, 1.82) is 0 Å². The molecule has 19 heavy (non-hydrogen) atoms. The lowest BCUT2D eigenvalue weighted by atomic mass is 9.98. The minimum absolute atomic E-state index is 0.375. The molecule has 0 atom stereocenters. The summed E-state index contributed by atoms with van der Waals surface area (Å²) < 4.78 is 5.98. The fourth-order valence-electron chi connectivity index (χ4n) is 2.48. The van der Waals surface area contributed by atoms with Crippen LogP contribution in [0, 0.1) is 5.92 Å². The largest absolute Gasteiger partial charge is 0.474 e. The van der Waals surface area contributed by atoms with Crippen molar-refractivity contribution in [3.05, 3.63) is 23.9 Å². The van der Waals surface area contributed by atoms with Gasteiger partial charge >= 0.3 is 0 Å². The van der Waals surface area contributed by atoms with Crippen molar-refractivity contribution in [1.82, 2.24) is 10.3 Å². The molecule has 1 N–H and O–H groups in total. The van der Waals surface area contributed by atoms with Crippen LogP contribution < -0.4 is 10.1 Å². The van der Waals surface area contributed by atoms with Gasteiger partial charge in [-0.15, -0.1) is 0 Å². The van der Waals surface area contributed by atoms with E-state index in [2.05, 4.69) is 36.3 Å². The predicted octanol–water partition coefficient (Wildman–Crippen LogP) is 3.54. The zero-order chi connectivity index (χ0) is 13.5. The molecule has 1 aromatic rings. The van der Waals surface area contributed by atoms with Crippen LogP contribution in [0.5, 0.6) is 5.88 Å². The standard InChI is InChI=1S/C16H26N2O/c1-13(2)11-17-12-14-8-9-18-16(10-14)19-15-6-4-3-5-7-15/h8-10,13,15,17H,3-7,11-12H2,1-2H3. The zero-order valence-electron chi connectivity index (χ0n) is 12.2. The smallest absolute Gasteiger partial charge is 0.213 e. The average Bonchev–Trinajstić information content (AvgIpc) is 2.40. The number of pyridine rings is 1. The Morgan fingerprint density at radius 3 is 2.84 bits per heavy atom. The second-order valence-corrected chi connectivity index (χ2v) is 5.90. The minimum Gasteiger partial charge on any atom is -0.474 e. The first kappa shape index (κ1) is 14.3. The summed E-state index contributed by atoms with van der Waals surface area (Å²) in [4.78, 5) is 4.33. The normalized spacial score (nSPS) is 16.8. The van der Waals surface area contributed by atoms with E-state index in [0.717, 1.165) is 19.0 Å². The van der Waals surface area contributed by atoms with Gasteiger partial charge in [0.05, 0.1) is 0 Å². The zero-order valence-corrected chi connectivity index (χ0v) is 12.2. The van der Waals surface area contributed by atoms with Gasteiger partial charge in [-0.25, -0.2) is 4.98 Å². The Morgan fingerprint density at radius 1 is 1.32 bits per heavy atom. The lowest BCUT2D eigenvalue weighted by Crippen LogP contribution is -2.21. The lowest BCUT2D eigenvalue weighted by Gasteiger charge is -2.22. The van der Waals surface area contributed by atoms with Gasteiger partial charge in [0.25, 0.3) is 0 Å². The molecule has 0 aliphatic heterocycles. The highest BCUT2D eigenvalue weighted by Crippen LogP contribution is 2.22. The molecule has 0 unspecified atom stereocenters. The molecule has 0 spiro atoms. The third-order valence-electron chi connectivity index (χ3n) is 3.52. The Kier molecular flexibility index (Phi) is 5.64. The molecule has 106 valence electrons. The predicted molar refractivity (Wildman–Crippen MR) is 78.3 cm³/mol. The summed E-state index contributed by atoms with van der Waals surface area (Å²) in [6, 6.07) is 4.13. The third kappa shape index (κ3) is 5.19. The highest BCUT2D eigenvalue weighted by atomic mass is 16.5. The summed E-state index contributed by atoms with van der Waals surface area (Å²) >= 11 is 0. The molecule has 1 heterocycles. The van der Waals surface area contributed by atoms with Crippen LogP contribution in [0.4, 0.5) is 0 Å². The van der Waals surface area contributed by atoms with E-state index in [9.17, 15) is 0 Å². The van der Waals surface area contributed by atoms with E-state index < -0.39 is 0 Å². The summed E-state index contributed by atoms with van der Waals surface area (Å²) in [5, 5.41) is 3.45. The third-order valence-corrected chi connectivity index (χ3v) is 3.52. The van der Waals surface area contributed by atoms with Gasteiger partial charge in [0.1, 0.15) is 6.10 Å². The van der Waals surface area contributed by atoms with Crippen LogP contribution in [0.1, 0.15) is 51.5 Å². The molecule has 0 aromatic carbocycles. The highest BCUT2D eigenvalue weighted by Gasteiger charge is 2.15. The number of aromatic nitrogens is 1. The molecular formula is C16H26N2O. The van der Waals surface area contributed by atoms with Gasteiger partial charge in [0.2, 0.25) is 5.88 Å². The van der Waals surface area contributed by atoms with Gasteiger partial charge in [-0.1, -0.05) is 20.3 Å². The number of hydrogen-bond donors (Lipinski definition) is 1. The maximum Gasteiger partial charge on any atom is 0.213 e. The maximum absolute atomic E-state index is 5.98. The van der Waals surface area contributed by atoms with Gasteiger partial charge in [0.15, 0.2) is 0 Å². The van der Waals surface area contributed by atoms with E-state index in [-0.39, 0.29) is 0 Å². The molecule has 1 aromatic heterocycles. The monoisotopic (exact) mass is 262 g/mol. The molecule has 0 amide bonds. The fourth-order valence-corrected chi connectivity index (χ4v) is 2.48. The second-order valence-electron chi connectivity index (χ2n) is 5.90. The Balaban J connectivity index is 1.83. The van der Waals surface area contributed by atoms with Crippen molar-refractivity contribution in [2.75, 3.05) is 6.54 Å². The van der Waals surface area contributed by atoms with Crippen LogP contribution in [-0.4, -0.2) is 17.6 Å². The molecule has 3 nitrogen and oxygen atoms in total. The lowest BCUT2D eigenvalue weighted by molar-refractivity contribution is 0.148. The van der Waals surface area contributed by atoms with Crippen LogP contribution in [0.15, 0.2) is 18.3 Å². The average molecular weight is 262 g/mol. The quantitative estimate of drug-likeness (QED) is 0.851. The molecule has 3 heteroatoms. The molecule has 1 aliphatic rings. The number of hydrogen-bond acceptors (Lipinski definition) is 3. The Bertz CT molecular complexity index is 373. The van der Waals surface area contributed by atoms with Crippen molar-refractivity contribution < 1.29 is 4.74 Å². The SMILES string of the molecule is CC(C)CNCc1ccnc(OC2CCCCC2)c1. The van der Waals surface area contributed by atoms with E-state index in [1.165, 1.54) is 37.7 Å². The minimum atomic E-state index is 0.375. The molecule has 1 saturated carbocycles. The summed E-state index contributed by atoms with van der Waals surface area (Å²) in [6.45, 7) is 6.37. The van der Waals surface area contributed by atoms with E-state index in [1.807, 2.05) is 6.20 Å². The number of rotatable bonds is 6. The number of nitrogens with zero attached hydrogens (tertiary/aromatic N) is 1. The molecular weight excluding hydrogens is 236 g/mol. The highest BCUT2D eigenvalue weighted by molar-refractivity contribution is 5.20. The topological polar surface area (TPSA) is 34.2 Å². The molecule has 1 fully saturated rings. The first-order chi connectivity index (χ1) is 9.24. The van der Waals surface area contributed by atoms with E-state index in [1.54, 1.807) is 0 Å². The van der Waals surface area contributed by atoms with Crippen LogP contribution in [-0.2, 0) is 6.54 Å². The molecule has 1 aliphatic carbocycles. The summed E-state index contributed by atoms with van der Waals surface area (Å²) in [7, 11) is 0. The maximum atomic E-state index is 5.98. The Morgan fingerprint density at radius 2 is 2.11 bits per heavy atom. The van der Waals surface area contributed by atoms with E-state index in [4.69, 9.17) is 4.74 Å². The molecule has 0 saturated heterocycles. The molecule has 0 bridgehead atoms. The second kappa shape index (κ2) is 7.49. The van der Waals surface area contributed by atoms with Crippen LogP contribution in [0.25, 0.3) is 0 Å².